The Bertz CT molecular complexity index is 409. The molecule has 3 nitrogen and oxygen atoms in total. The van der Waals surface area contributed by atoms with Crippen molar-refractivity contribution in [1.29, 1.82) is 0 Å². The summed E-state index contributed by atoms with van der Waals surface area (Å²) in [5.41, 5.74) is 7.27. The van der Waals surface area contributed by atoms with Crippen molar-refractivity contribution in [3.8, 4) is 5.75 Å². The lowest BCUT2D eigenvalue weighted by Crippen LogP contribution is -2.21. The monoisotopic (exact) mass is 246 g/mol. The van der Waals surface area contributed by atoms with Crippen LogP contribution in [0.4, 0.5) is 0 Å². The van der Waals surface area contributed by atoms with Crippen molar-refractivity contribution in [3.05, 3.63) is 29.8 Å². The van der Waals surface area contributed by atoms with E-state index in [2.05, 4.69) is 17.1 Å². The van der Waals surface area contributed by atoms with Gasteiger partial charge in [-0.15, -0.1) is 0 Å². The van der Waals surface area contributed by atoms with Gasteiger partial charge in [0.2, 0.25) is 0 Å². The molecule has 2 rings (SSSR count). The van der Waals surface area contributed by atoms with Crippen LogP contribution in [0.1, 0.15) is 31.2 Å². The molecular weight excluding hydrogens is 224 g/mol. The molecule has 1 aromatic rings. The first-order chi connectivity index (χ1) is 8.79. The van der Waals surface area contributed by atoms with Crippen LogP contribution in [0, 0.1) is 5.92 Å². The number of benzene rings is 1. The standard InChI is InChI=1S/C15H22N2O/c1-18-14-8-4-5-12(11-14)9-10-17-15(16)13-6-2-3-7-13/h4-5,8,11,13H,2-3,6-7,9-10H2,1H3,(H2,16,17). The smallest absolute Gasteiger partial charge is 0.119 e. The lowest BCUT2D eigenvalue weighted by atomic mass is 10.1. The van der Waals surface area contributed by atoms with Crippen molar-refractivity contribution >= 4 is 5.84 Å². The summed E-state index contributed by atoms with van der Waals surface area (Å²) in [6.45, 7) is 0.773. The van der Waals surface area contributed by atoms with Gasteiger partial charge in [-0.05, 0) is 37.0 Å². The third kappa shape index (κ3) is 3.49. The molecule has 0 bridgehead atoms. The Morgan fingerprint density at radius 2 is 2.17 bits per heavy atom. The van der Waals surface area contributed by atoms with Gasteiger partial charge in [-0.25, -0.2) is 0 Å². The van der Waals surface area contributed by atoms with Crippen LogP contribution in [0.5, 0.6) is 5.75 Å². The van der Waals surface area contributed by atoms with Gasteiger partial charge < -0.3 is 10.5 Å². The maximum Gasteiger partial charge on any atom is 0.119 e. The highest BCUT2D eigenvalue weighted by molar-refractivity contribution is 5.83. The fourth-order valence-electron chi connectivity index (χ4n) is 2.49. The van der Waals surface area contributed by atoms with Crippen molar-refractivity contribution in [1.82, 2.24) is 0 Å². The topological polar surface area (TPSA) is 47.6 Å². The van der Waals surface area contributed by atoms with E-state index < -0.39 is 0 Å². The maximum absolute atomic E-state index is 6.02. The van der Waals surface area contributed by atoms with Crippen LogP contribution in [-0.4, -0.2) is 19.5 Å². The minimum atomic E-state index is 0.537. The van der Waals surface area contributed by atoms with E-state index in [0.29, 0.717) is 5.92 Å². The Morgan fingerprint density at radius 1 is 1.39 bits per heavy atom. The molecule has 0 amide bonds. The number of nitrogens with two attached hydrogens (primary N) is 1. The molecule has 0 atom stereocenters. The molecule has 0 aliphatic heterocycles. The summed E-state index contributed by atoms with van der Waals surface area (Å²) in [4.78, 5) is 4.51. The van der Waals surface area contributed by atoms with E-state index in [0.717, 1.165) is 24.6 Å². The van der Waals surface area contributed by atoms with Gasteiger partial charge in [-0.1, -0.05) is 25.0 Å². The van der Waals surface area contributed by atoms with Gasteiger partial charge in [0.1, 0.15) is 5.75 Å². The second-order valence-corrected chi connectivity index (χ2v) is 4.89. The third-order valence-corrected chi connectivity index (χ3v) is 3.60. The SMILES string of the molecule is COc1cccc(CCN=C(N)C2CCCC2)c1. The van der Waals surface area contributed by atoms with Gasteiger partial charge in [-0.2, -0.15) is 0 Å². The number of hydrogen-bond donors (Lipinski definition) is 1. The maximum atomic E-state index is 6.02. The highest BCUT2D eigenvalue weighted by Crippen LogP contribution is 2.24. The summed E-state index contributed by atoms with van der Waals surface area (Å²) >= 11 is 0. The Morgan fingerprint density at radius 3 is 2.89 bits per heavy atom. The molecule has 98 valence electrons. The zero-order chi connectivity index (χ0) is 12.8. The zero-order valence-corrected chi connectivity index (χ0v) is 11.1. The molecule has 2 N–H and O–H groups in total. The highest BCUT2D eigenvalue weighted by atomic mass is 16.5. The molecule has 1 saturated carbocycles. The summed E-state index contributed by atoms with van der Waals surface area (Å²) in [5.74, 6) is 2.30. The number of nitrogens with zero attached hydrogens (tertiary/aromatic N) is 1. The first kappa shape index (κ1) is 12.9. The van der Waals surface area contributed by atoms with Crippen molar-refractivity contribution in [2.45, 2.75) is 32.1 Å². The average Bonchev–Trinajstić information content (AvgIpc) is 2.93. The summed E-state index contributed by atoms with van der Waals surface area (Å²) in [5, 5.41) is 0. The normalized spacial score (nSPS) is 17.1. The number of rotatable bonds is 5. The molecule has 1 aromatic carbocycles. The van der Waals surface area contributed by atoms with Crippen LogP contribution < -0.4 is 10.5 Å². The number of amidine groups is 1. The van der Waals surface area contributed by atoms with Crippen LogP contribution in [0.15, 0.2) is 29.3 Å². The van der Waals surface area contributed by atoms with E-state index in [1.807, 2.05) is 12.1 Å². The van der Waals surface area contributed by atoms with Crippen LogP contribution in [0.2, 0.25) is 0 Å². The largest absolute Gasteiger partial charge is 0.497 e. The van der Waals surface area contributed by atoms with E-state index in [-0.39, 0.29) is 0 Å². The summed E-state index contributed by atoms with van der Waals surface area (Å²) in [6, 6.07) is 8.13. The predicted octanol–water partition coefficient (Wildman–Crippen LogP) is 2.79. The number of hydrogen-bond acceptors (Lipinski definition) is 2. The predicted molar refractivity (Wildman–Crippen MR) is 75.1 cm³/mol. The number of methoxy groups -OCH3 is 1. The zero-order valence-electron chi connectivity index (χ0n) is 11.1. The highest BCUT2D eigenvalue weighted by Gasteiger charge is 2.17. The Balaban J connectivity index is 1.85. The molecule has 0 spiro atoms. The second-order valence-electron chi connectivity index (χ2n) is 4.89. The van der Waals surface area contributed by atoms with E-state index >= 15 is 0 Å². The molecule has 0 saturated heterocycles. The first-order valence-corrected chi connectivity index (χ1v) is 6.72. The lowest BCUT2D eigenvalue weighted by Gasteiger charge is -2.08. The number of ether oxygens (including phenoxy) is 1. The Hall–Kier alpha value is -1.51. The van der Waals surface area contributed by atoms with Crippen LogP contribution in [0.3, 0.4) is 0 Å². The Labute approximate surface area is 109 Å². The molecule has 1 aliphatic rings. The van der Waals surface area contributed by atoms with E-state index in [9.17, 15) is 0 Å². The molecule has 0 heterocycles. The molecular formula is C15H22N2O. The quantitative estimate of drug-likeness (QED) is 0.641. The molecule has 18 heavy (non-hydrogen) atoms. The van der Waals surface area contributed by atoms with Gasteiger partial charge in [0.05, 0.1) is 12.9 Å². The van der Waals surface area contributed by atoms with E-state index in [1.165, 1.54) is 31.2 Å². The minimum absolute atomic E-state index is 0.537. The van der Waals surface area contributed by atoms with E-state index in [4.69, 9.17) is 10.5 Å². The first-order valence-electron chi connectivity index (χ1n) is 6.72. The van der Waals surface area contributed by atoms with Gasteiger partial charge in [0, 0.05) is 12.5 Å². The van der Waals surface area contributed by atoms with Gasteiger partial charge in [0.25, 0.3) is 0 Å². The van der Waals surface area contributed by atoms with Crippen LogP contribution in [-0.2, 0) is 6.42 Å². The molecule has 0 aromatic heterocycles. The fourth-order valence-corrected chi connectivity index (χ4v) is 2.49. The van der Waals surface area contributed by atoms with Crippen molar-refractivity contribution in [2.24, 2.45) is 16.6 Å². The van der Waals surface area contributed by atoms with Crippen molar-refractivity contribution in [2.75, 3.05) is 13.7 Å². The summed E-state index contributed by atoms with van der Waals surface area (Å²) in [6.07, 6.45) is 5.96. The fraction of sp³-hybridized carbons (Fsp3) is 0.533. The van der Waals surface area contributed by atoms with Crippen molar-refractivity contribution in [3.63, 3.8) is 0 Å². The summed E-state index contributed by atoms with van der Waals surface area (Å²) < 4.78 is 5.20. The second kappa shape index (κ2) is 6.43. The lowest BCUT2D eigenvalue weighted by molar-refractivity contribution is 0.414. The van der Waals surface area contributed by atoms with Gasteiger partial charge in [-0.3, -0.25) is 4.99 Å². The molecule has 1 fully saturated rings. The third-order valence-electron chi connectivity index (χ3n) is 3.60. The minimum Gasteiger partial charge on any atom is -0.497 e. The van der Waals surface area contributed by atoms with Gasteiger partial charge >= 0.3 is 0 Å². The molecule has 0 unspecified atom stereocenters. The average molecular weight is 246 g/mol. The molecule has 0 radical (unpaired) electrons. The van der Waals surface area contributed by atoms with Gasteiger partial charge in [0.15, 0.2) is 0 Å². The molecule has 3 heteroatoms. The van der Waals surface area contributed by atoms with E-state index in [1.54, 1.807) is 7.11 Å². The van der Waals surface area contributed by atoms with Crippen LogP contribution in [0.25, 0.3) is 0 Å². The van der Waals surface area contributed by atoms with Crippen LogP contribution >= 0.6 is 0 Å². The van der Waals surface area contributed by atoms with Crippen molar-refractivity contribution < 1.29 is 4.74 Å². The summed E-state index contributed by atoms with van der Waals surface area (Å²) in [7, 11) is 1.69. The Kier molecular flexibility index (Phi) is 4.62. The number of aliphatic imine (C=N–C) groups is 1. The molecule has 1 aliphatic carbocycles.